The number of aliphatic carboxylic acids is 1. The third kappa shape index (κ3) is 3.26. The van der Waals surface area contributed by atoms with Crippen molar-refractivity contribution in [1.82, 2.24) is 5.32 Å². The van der Waals surface area contributed by atoms with Crippen LogP contribution in [0.15, 0.2) is 24.3 Å². The summed E-state index contributed by atoms with van der Waals surface area (Å²) in [7, 11) is 0. The number of hydrogen-bond donors (Lipinski definition) is 2. The third-order valence-electron chi connectivity index (χ3n) is 3.59. The van der Waals surface area contributed by atoms with Crippen LogP contribution in [0.3, 0.4) is 0 Å². The average Bonchev–Trinajstić information content (AvgIpc) is 2.98. The zero-order valence-corrected chi connectivity index (χ0v) is 12.5. The first kappa shape index (κ1) is 17.1. The van der Waals surface area contributed by atoms with Gasteiger partial charge in [-0.15, -0.1) is 0 Å². The van der Waals surface area contributed by atoms with Gasteiger partial charge in [-0.25, -0.2) is 4.79 Å². The molecule has 8 heteroatoms. The fraction of sp³-hybridized carbons (Fsp3) is 0.467. The molecule has 126 valence electrons. The fourth-order valence-electron chi connectivity index (χ4n) is 2.31. The van der Waals surface area contributed by atoms with Crippen molar-refractivity contribution < 1.29 is 33.0 Å². The lowest BCUT2D eigenvalue weighted by molar-refractivity contribution is -0.156. The molecule has 1 aromatic rings. The van der Waals surface area contributed by atoms with Crippen LogP contribution in [0.4, 0.5) is 8.78 Å². The molecule has 0 saturated carbocycles. The van der Waals surface area contributed by atoms with Crippen molar-refractivity contribution >= 4 is 11.9 Å². The van der Waals surface area contributed by atoms with Crippen LogP contribution in [0.5, 0.6) is 5.75 Å². The van der Waals surface area contributed by atoms with E-state index in [-0.39, 0.29) is 32.0 Å². The zero-order chi connectivity index (χ0) is 17.1. The molecule has 1 aliphatic rings. The second-order valence-electron chi connectivity index (χ2n) is 5.15. The molecule has 23 heavy (non-hydrogen) atoms. The predicted octanol–water partition coefficient (Wildman–Crippen LogP) is 1.54. The molecule has 0 spiro atoms. The summed E-state index contributed by atoms with van der Waals surface area (Å²) in [5.41, 5.74) is -2.44. The first-order valence-corrected chi connectivity index (χ1v) is 7.07. The molecule has 0 aliphatic carbocycles. The van der Waals surface area contributed by atoms with Crippen molar-refractivity contribution in [2.75, 3.05) is 19.8 Å². The van der Waals surface area contributed by atoms with Gasteiger partial charge in [0.2, 0.25) is 0 Å². The van der Waals surface area contributed by atoms with E-state index in [0.29, 0.717) is 0 Å². The Morgan fingerprint density at radius 3 is 2.70 bits per heavy atom. The van der Waals surface area contributed by atoms with Gasteiger partial charge in [-0.05, 0) is 19.1 Å². The minimum absolute atomic E-state index is 0.0722. The Morgan fingerprint density at radius 1 is 1.43 bits per heavy atom. The maximum absolute atomic E-state index is 14.5. The standard InChI is InChI=1S/C15H17F2NO5/c1-2-23-11-6-4-3-5-10(11)15(16,17)12(19)18-14(13(20)21)7-8-22-9-14/h3-6H,2,7-9H2,1H3,(H,18,19)(H,20,21). The van der Waals surface area contributed by atoms with E-state index in [1.165, 1.54) is 18.2 Å². The molecule has 1 heterocycles. The first-order chi connectivity index (χ1) is 10.8. The van der Waals surface area contributed by atoms with Crippen molar-refractivity contribution in [2.45, 2.75) is 24.8 Å². The molecule has 0 radical (unpaired) electrons. The van der Waals surface area contributed by atoms with Crippen LogP contribution >= 0.6 is 0 Å². The van der Waals surface area contributed by atoms with Gasteiger partial charge in [-0.1, -0.05) is 12.1 Å². The van der Waals surface area contributed by atoms with Crippen LogP contribution in [0.1, 0.15) is 18.9 Å². The van der Waals surface area contributed by atoms with Gasteiger partial charge in [0.25, 0.3) is 5.91 Å². The summed E-state index contributed by atoms with van der Waals surface area (Å²) in [6, 6.07) is 5.26. The number of alkyl halides is 2. The van der Waals surface area contributed by atoms with E-state index in [1.54, 1.807) is 6.92 Å². The molecule has 2 N–H and O–H groups in total. The highest BCUT2D eigenvalue weighted by atomic mass is 19.3. The van der Waals surface area contributed by atoms with Gasteiger partial charge in [-0.2, -0.15) is 8.78 Å². The minimum atomic E-state index is -3.93. The van der Waals surface area contributed by atoms with Crippen molar-refractivity contribution in [3.63, 3.8) is 0 Å². The number of halogens is 2. The monoisotopic (exact) mass is 329 g/mol. The van der Waals surface area contributed by atoms with E-state index < -0.39 is 28.9 Å². The number of carbonyl (C=O) groups excluding carboxylic acids is 1. The summed E-state index contributed by atoms with van der Waals surface area (Å²) in [5.74, 6) is -7.16. The number of carboxylic acid groups (broad SMARTS) is 1. The molecular weight excluding hydrogens is 312 g/mol. The number of hydrogen-bond acceptors (Lipinski definition) is 4. The van der Waals surface area contributed by atoms with Crippen LogP contribution in [-0.2, 0) is 20.2 Å². The van der Waals surface area contributed by atoms with Crippen molar-refractivity contribution in [3.05, 3.63) is 29.8 Å². The molecule has 1 fully saturated rings. The fourth-order valence-corrected chi connectivity index (χ4v) is 2.31. The number of ether oxygens (including phenoxy) is 2. The highest BCUT2D eigenvalue weighted by Crippen LogP contribution is 2.36. The number of rotatable bonds is 6. The summed E-state index contributed by atoms with van der Waals surface area (Å²) in [6.45, 7) is 1.51. The van der Waals surface area contributed by atoms with E-state index in [1.807, 2.05) is 5.32 Å². The van der Waals surface area contributed by atoms with Gasteiger partial charge in [0.1, 0.15) is 5.75 Å². The van der Waals surface area contributed by atoms with E-state index in [9.17, 15) is 23.5 Å². The Labute approximate surface area is 131 Å². The molecule has 6 nitrogen and oxygen atoms in total. The Balaban J connectivity index is 2.28. The maximum Gasteiger partial charge on any atom is 0.353 e. The largest absolute Gasteiger partial charge is 0.493 e. The second-order valence-corrected chi connectivity index (χ2v) is 5.15. The molecule has 0 aromatic heterocycles. The van der Waals surface area contributed by atoms with Gasteiger partial charge >= 0.3 is 11.9 Å². The number of amides is 1. The molecule has 1 amide bonds. The number of nitrogens with one attached hydrogen (secondary N) is 1. The van der Waals surface area contributed by atoms with E-state index >= 15 is 0 Å². The molecule has 1 aliphatic heterocycles. The first-order valence-electron chi connectivity index (χ1n) is 7.07. The van der Waals surface area contributed by atoms with Crippen LogP contribution < -0.4 is 10.1 Å². The summed E-state index contributed by atoms with van der Waals surface area (Å²) in [4.78, 5) is 23.4. The van der Waals surface area contributed by atoms with E-state index in [4.69, 9.17) is 9.47 Å². The van der Waals surface area contributed by atoms with E-state index in [0.717, 1.165) is 6.07 Å². The Hall–Kier alpha value is -2.22. The van der Waals surface area contributed by atoms with Gasteiger partial charge in [0.05, 0.1) is 18.8 Å². The van der Waals surface area contributed by atoms with Crippen molar-refractivity contribution in [1.29, 1.82) is 0 Å². The van der Waals surface area contributed by atoms with E-state index in [2.05, 4.69) is 0 Å². The van der Waals surface area contributed by atoms with Crippen LogP contribution in [0, 0.1) is 0 Å². The van der Waals surface area contributed by atoms with Crippen molar-refractivity contribution in [3.8, 4) is 5.75 Å². The Morgan fingerprint density at radius 2 is 2.13 bits per heavy atom. The lowest BCUT2D eigenvalue weighted by atomic mass is 9.97. The summed E-state index contributed by atoms with van der Waals surface area (Å²) in [5, 5.41) is 11.2. The lowest BCUT2D eigenvalue weighted by Gasteiger charge is -2.27. The molecule has 1 saturated heterocycles. The average molecular weight is 329 g/mol. The van der Waals surface area contributed by atoms with Gasteiger partial charge < -0.3 is 19.9 Å². The second kappa shape index (κ2) is 6.49. The minimum Gasteiger partial charge on any atom is -0.493 e. The zero-order valence-electron chi connectivity index (χ0n) is 12.5. The van der Waals surface area contributed by atoms with Crippen LogP contribution in [0.2, 0.25) is 0 Å². The molecule has 1 unspecified atom stereocenters. The number of carboxylic acids is 1. The Kier molecular flexibility index (Phi) is 4.84. The van der Waals surface area contributed by atoms with Crippen molar-refractivity contribution in [2.24, 2.45) is 0 Å². The topological polar surface area (TPSA) is 84.9 Å². The quantitative estimate of drug-likeness (QED) is 0.827. The maximum atomic E-state index is 14.5. The number of benzene rings is 1. The SMILES string of the molecule is CCOc1ccccc1C(F)(F)C(=O)NC1(C(=O)O)CCOC1. The van der Waals surface area contributed by atoms with Gasteiger partial charge in [-0.3, -0.25) is 4.79 Å². The predicted molar refractivity (Wildman–Crippen MR) is 75.5 cm³/mol. The molecule has 0 bridgehead atoms. The number of para-hydroxylation sites is 1. The highest BCUT2D eigenvalue weighted by molar-refractivity contribution is 5.92. The van der Waals surface area contributed by atoms with Crippen LogP contribution in [0.25, 0.3) is 0 Å². The Bertz CT molecular complexity index is 599. The molecule has 1 atom stereocenters. The summed E-state index contributed by atoms with van der Waals surface area (Å²) < 4.78 is 39.0. The normalized spacial score (nSPS) is 21.0. The molecule has 2 rings (SSSR count). The van der Waals surface area contributed by atoms with Gasteiger partial charge in [0.15, 0.2) is 5.54 Å². The molecule has 1 aromatic carbocycles. The molecular formula is C15H17F2NO5. The van der Waals surface area contributed by atoms with Gasteiger partial charge in [0, 0.05) is 13.0 Å². The lowest BCUT2D eigenvalue weighted by Crippen LogP contribution is -2.58. The smallest absolute Gasteiger partial charge is 0.353 e. The van der Waals surface area contributed by atoms with Crippen LogP contribution in [-0.4, -0.2) is 42.3 Å². The number of carbonyl (C=O) groups is 2. The highest BCUT2D eigenvalue weighted by Gasteiger charge is 2.51. The summed E-state index contributed by atoms with van der Waals surface area (Å²) in [6.07, 6.45) is -0.0722. The third-order valence-corrected chi connectivity index (χ3v) is 3.59. The summed E-state index contributed by atoms with van der Waals surface area (Å²) >= 11 is 0.